The fourth-order valence-electron chi connectivity index (χ4n) is 1.09. The van der Waals surface area contributed by atoms with Crippen LogP contribution in [-0.2, 0) is 0 Å². The molecule has 0 aliphatic rings. The second-order valence-electron chi connectivity index (χ2n) is 2.51. The molecular weight excluding hydrogens is 256 g/mol. The van der Waals surface area contributed by atoms with Gasteiger partial charge in [0, 0.05) is 16.7 Å². The Morgan fingerprint density at radius 3 is 2.60 bits per heavy atom. The van der Waals surface area contributed by atoms with Crippen molar-refractivity contribution in [1.82, 2.24) is 9.97 Å². The van der Waals surface area contributed by atoms with E-state index in [4.69, 9.17) is 4.74 Å². The van der Waals surface area contributed by atoms with E-state index in [-0.39, 0.29) is 0 Å². The summed E-state index contributed by atoms with van der Waals surface area (Å²) in [6, 6.07) is 5.53. The average Bonchev–Trinajstić information content (AvgIpc) is 2.32. The summed E-state index contributed by atoms with van der Waals surface area (Å²) in [7, 11) is 1.60. The molecule has 0 saturated heterocycles. The van der Waals surface area contributed by atoms with E-state index in [0.29, 0.717) is 5.88 Å². The Morgan fingerprint density at radius 2 is 1.93 bits per heavy atom. The van der Waals surface area contributed by atoms with Gasteiger partial charge in [0.15, 0.2) is 0 Å². The number of rotatable bonds is 1. The van der Waals surface area contributed by atoms with Gasteiger partial charge in [-0.15, -0.1) is 0 Å². The number of fused-ring (bicyclic) bond motifs is 1. The molecule has 15 heavy (non-hydrogen) atoms. The summed E-state index contributed by atoms with van der Waals surface area (Å²) in [5.41, 5.74) is 1.68. The van der Waals surface area contributed by atoms with Crippen LogP contribution in [0.1, 0.15) is 13.8 Å². The molecule has 0 N–H and O–H groups in total. The highest BCUT2D eigenvalue weighted by Crippen LogP contribution is 2.21. The number of methoxy groups -OCH3 is 1. The van der Waals surface area contributed by atoms with Crippen LogP contribution < -0.4 is 4.74 Å². The first-order chi connectivity index (χ1) is 7.31. The Kier molecular flexibility index (Phi) is 4.49. The third-order valence-electron chi connectivity index (χ3n) is 1.72. The van der Waals surface area contributed by atoms with Crippen molar-refractivity contribution in [3.8, 4) is 5.88 Å². The fourth-order valence-corrected chi connectivity index (χ4v) is 1.50. The van der Waals surface area contributed by atoms with E-state index >= 15 is 0 Å². The largest absolute Gasteiger partial charge is 0.481 e. The summed E-state index contributed by atoms with van der Waals surface area (Å²) in [5.74, 6) is 0.598. The second-order valence-corrected chi connectivity index (χ2v) is 3.37. The maximum absolute atomic E-state index is 5.02. The quantitative estimate of drug-likeness (QED) is 0.795. The van der Waals surface area contributed by atoms with E-state index in [2.05, 4.69) is 25.9 Å². The maximum atomic E-state index is 5.02. The first-order valence-electron chi connectivity index (χ1n) is 4.76. The molecule has 0 aliphatic heterocycles. The molecule has 0 bridgehead atoms. The van der Waals surface area contributed by atoms with Crippen LogP contribution in [-0.4, -0.2) is 17.1 Å². The third kappa shape index (κ3) is 2.65. The van der Waals surface area contributed by atoms with Gasteiger partial charge in [-0.05, 0) is 28.1 Å². The van der Waals surface area contributed by atoms with Crippen LogP contribution in [0, 0.1) is 0 Å². The van der Waals surface area contributed by atoms with Crippen molar-refractivity contribution in [1.29, 1.82) is 0 Å². The zero-order valence-electron chi connectivity index (χ0n) is 8.99. The van der Waals surface area contributed by atoms with Crippen LogP contribution in [0.15, 0.2) is 28.9 Å². The normalized spacial score (nSPS) is 9.33. The Morgan fingerprint density at radius 1 is 1.20 bits per heavy atom. The predicted molar refractivity (Wildman–Crippen MR) is 65.1 cm³/mol. The molecule has 80 valence electrons. The van der Waals surface area contributed by atoms with Gasteiger partial charge < -0.3 is 4.74 Å². The highest BCUT2D eigenvalue weighted by atomic mass is 79.9. The Hall–Kier alpha value is -1.16. The van der Waals surface area contributed by atoms with Gasteiger partial charge in [-0.3, -0.25) is 4.98 Å². The number of halogens is 1. The van der Waals surface area contributed by atoms with Gasteiger partial charge in [0.1, 0.15) is 5.52 Å². The Labute approximate surface area is 97.6 Å². The van der Waals surface area contributed by atoms with Crippen LogP contribution in [0.2, 0.25) is 0 Å². The van der Waals surface area contributed by atoms with Gasteiger partial charge >= 0.3 is 0 Å². The maximum Gasteiger partial charge on any atom is 0.213 e. The van der Waals surface area contributed by atoms with Crippen molar-refractivity contribution in [2.24, 2.45) is 0 Å². The molecule has 2 rings (SSSR count). The predicted octanol–water partition coefficient (Wildman–Crippen LogP) is 3.43. The number of pyridine rings is 2. The van der Waals surface area contributed by atoms with Gasteiger partial charge in [-0.2, -0.15) is 0 Å². The van der Waals surface area contributed by atoms with E-state index in [9.17, 15) is 0 Å². The number of nitrogens with zero attached hydrogens (tertiary/aromatic N) is 2. The molecule has 3 nitrogen and oxygen atoms in total. The molecule has 2 aromatic rings. The number of aromatic nitrogens is 2. The molecule has 4 heteroatoms. The van der Waals surface area contributed by atoms with Crippen LogP contribution in [0.25, 0.3) is 11.0 Å². The van der Waals surface area contributed by atoms with Crippen LogP contribution in [0.3, 0.4) is 0 Å². The fraction of sp³-hybridized carbons (Fsp3) is 0.273. The van der Waals surface area contributed by atoms with Crippen LogP contribution >= 0.6 is 15.9 Å². The summed E-state index contributed by atoms with van der Waals surface area (Å²) in [6.07, 6.45) is 1.74. The molecule has 0 amide bonds. The molecule has 0 aromatic carbocycles. The first kappa shape index (κ1) is 11.9. The molecule has 0 aliphatic carbocycles. The second kappa shape index (κ2) is 5.66. The molecular formula is C11H13BrN2O. The zero-order chi connectivity index (χ0) is 11.3. The molecule has 0 unspecified atom stereocenters. The van der Waals surface area contributed by atoms with Crippen LogP contribution in [0.5, 0.6) is 5.88 Å². The average molecular weight is 269 g/mol. The van der Waals surface area contributed by atoms with Crippen LogP contribution in [0.4, 0.5) is 0 Å². The number of ether oxygens (including phenoxy) is 1. The van der Waals surface area contributed by atoms with E-state index in [1.54, 1.807) is 19.4 Å². The molecule has 0 radical (unpaired) electrons. The van der Waals surface area contributed by atoms with Gasteiger partial charge in [0.05, 0.1) is 12.6 Å². The first-order valence-corrected chi connectivity index (χ1v) is 5.56. The molecule has 0 saturated carbocycles. The lowest BCUT2D eigenvalue weighted by molar-refractivity contribution is 0.399. The smallest absolute Gasteiger partial charge is 0.213 e. The highest BCUT2D eigenvalue weighted by molar-refractivity contribution is 9.10. The number of hydrogen-bond acceptors (Lipinski definition) is 3. The van der Waals surface area contributed by atoms with E-state index < -0.39 is 0 Å². The van der Waals surface area contributed by atoms with E-state index in [1.165, 1.54) is 0 Å². The van der Waals surface area contributed by atoms with Crippen molar-refractivity contribution in [3.05, 3.63) is 28.9 Å². The molecule has 2 aromatic heterocycles. The monoisotopic (exact) mass is 268 g/mol. The lowest BCUT2D eigenvalue weighted by Gasteiger charge is -2.01. The minimum Gasteiger partial charge on any atom is -0.481 e. The lowest BCUT2D eigenvalue weighted by Crippen LogP contribution is -1.89. The van der Waals surface area contributed by atoms with Crippen molar-refractivity contribution in [2.75, 3.05) is 7.11 Å². The molecule has 0 spiro atoms. The van der Waals surface area contributed by atoms with Crippen molar-refractivity contribution >= 4 is 27.0 Å². The lowest BCUT2D eigenvalue weighted by atomic mass is 10.3. The van der Waals surface area contributed by atoms with Crippen molar-refractivity contribution in [3.63, 3.8) is 0 Å². The third-order valence-corrected chi connectivity index (χ3v) is 2.36. The SMILES string of the molecule is CC.COc1ccc2nccc(Br)c2n1. The zero-order valence-corrected chi connectivity index (χ0v) is 10.6. The molecule has 0 atom stereocenters. The standard InChI is InChI=1S/C9H7BrN2O.C2H6/c1-13-8-3-2-7-9(12-8)6(10)4-5-11-7;1-2/h2-5H,1H3;1-2H3. The van der Waals surface area contributed by atoms with E-state index in [0.717, 1.165) is 15.5 Å². The minimum atomic E-state index is 0.598. The summed E-state index contributed by atoms with van der Waals surface area (Å²) < 4.78 is 5.94. The van der Waals surface area contributed by atoms with Gasteiger partial charge in [0.25, 0.3) is 0 Å². The molecule has 0 fully saturated rings. The highest BCUT2D eigenvalue weighted by Gasteiger charge is 2.01. The summed E-state index contributed by atoms with van der Waals surface area (Å²) in [5, 5.41) is 0. The Bertz CT molecular complexity index is 446. The number of hydrogen-bond donors (Lipinski definition) is 0. The van der Waals surface area contributed by atoms with Crippen molar-refractivity contribution < 1.29 is 4.74 Å². The van der Waals surface area contributed by atoms with Crippen molar-refractivity contribution in [2.45, 2.75) is 13.8 Å². The summed E-state index contributed by atoms with van der Waals surface area (Å²) in [4.78, 5) is 8.43. The van der Waals surface area contributed by atoms with Gasteiger partial charge in [-0.25, -0.2) is 4.98 Å². The van der Waals surface area contributed by atoms with Gasteiger partial charge in [-0.1, -0.05) is 13.8 Å². The van der Waals surface area contributed by atoms with Gasteiger partial charge in [0.2, 0.25) is 5.88 Å². The summed E-state index contributed by atoms with van der Waals surface area (Å²) >= 11 is 3.40. The molecule has 2 heterocycles. The topological polar surface area (TPSA) is 35.0 Å². The van der Waals surface area contributed by atoms with E-state index in [1.807, 2.05) is 26.0 Å². The Balaban J connectivity index is 0.000000531. The summed E-state index contributed by atoms with van der Waals surface area (Å²) in [6.45, 7) is 4.00. The minimum absolute atomic E-state index is 0.598.